The van der Waals surface area contributed by atoms with Crippen LogP contribution < -0.4 is 5.32 Å². The standard InChI is InChI=1S/C21H30F3NO3/c1-3-4-5-6-7-8-9-12-15-28-20(27)16(2)25-19(26)17-13-10-11-14-18(17)21(22,23)24/h10-11,13-14,16H,3-9,12,15H2,1-2H3,(H,25,26)/t16-/m0/s1. The Bertz CT molecular complexity index is 617. The molecule has 0 unspecified atom stereocenters. The molecule has 0 bridgehead atoms. The molecule has 0 aromatic heterocycles. The van der Waals surface area contributed by atoms with Gasteiger partial charge in [0.25, 0.3) is 5.91 Å². The molecule has 1 rings (SSSR count). The van der Waals surface area contributed by atoms with E-state index in [1.807, 2.05) is 0 Å². The van der Waals surface area contributed by atoms with Crippen molar-refractivity contribution in [1.29, 1.82) is 0 Å². The van der Waals surface area contributed by atoms with Gasteiger partial charge in [0, 0.05) is 0 Å². The van der Waals surface area contributed by atoms with Gasteiger partial charge in [0.15, 0.2) is 0 Å². The van der Waals surface area contributed by atoms with Crippen LogP contribution in [0.4, 0.5) is 13.2 Å². The van der Waals surface area contributed by atoms with Gasteiger partial charge in [-0.3, -0.25) is 4.79 Å². The predicted molar refractivity (Wildman–Crippen MR) is 102 cm³/mol. The van der Waals surface area contributed by atoms with Crippen LogP contribution in [0.2, 0.25) is 0 Å². The molecular formula is C21H30F3NO3. The lowest BCUT2D eigenvalue weighted by Crippen LogP contribution is -2.40. The number of carbonyl (C=O) groups is 2. The summed E-state index contributed by atoms with van der Waals surface area (Å²) < 4.78 is 44.1. The maximum absolute atomic E-state index is 13.0. The molecule has 0 aliphatic carbocycles. The first-order valence-corrected chi connectivity index (χ1v) is 9.91. The second-order valence-electron chi connectivity index (χ2n) is 6.88. The zero-order chi connectivity index (χ0) is 21.0. The van der Waals surface area contributed by atoms with Crippen molar-refractivity contribution < 1.29 is 27.5 Å². The molecule has 0 radical (unpaired) electrons. The highest BCUT2D eigenvalue weighted by Crippen LogP contribution is 2.31. The molecule has 0 heterocycles. The van der Waals surface area contributed by atoms with Crippen LogP contribution >= 0.6 is 0 Å². The summed E-state index contributed by atoms with van der Waals surface area (Å²) in [4.78, 5) is 24.1. The Kier molecular flexibility index (Phi) is 10.6. The number of unbranched alkanes of at least 4 members (excludes halogenated alkanes) is 7. The Labute approximate surface area is 164 Å². The molecule has 0 saturated heterocycles. The van der Waals surface area contributed by atoms with Gasteiger partial charge in [-0.1, -0.05) is 64.0 Å². The highest BCUT2D eigenvalue weighted by atomic mass is 19.4. The van der Waals surface area contributed by atoms with Gasteiger partial charge in [0.1, 0.15) is 6.04 Å². The molecule has 28 heavy (non-hydrogen) atoms. The third-order valence-electron chi connectivity index (χ3n) is 4.42. The summed E-state index contributed by atoms with van der Waals surface area (Å²) in [6.07, 6.45) is 4.24. The highest BCUT2D eigenvalue weighted by Gasteiger charge is 2.35. The van der Waals surface area contributed by atoms with Crippen molar-refractivity contribution >= 4 is 11.9 Å². The summed E-state index contributed by atoms with van der Waals surface area (Å²) in [6.45, 7) is 3.81. The zero-order valence-corrected chi connectivity index (χ0v) is 16.6. The SMILES string of the molecule is CCCCCCCCCCOC(=O)[C@H](C)NC(=O)c1ccccc1C(F)(F)F. The van der Waals surface area contributed by atoms with E-state index in [0.29, 0.717) is 0 Å². The van der Waals surface area contributed by atoms with Gasteiger partial charge in [0.05, 0.1) is 17.7 Å². The van der Waals surface area contributed by atoms with Gasteiger partial charge in [-0.15, -0.1) is 0 Å². The smallest absolute Gasteiger partial charge is 0.417 e. The zero-order valence-electron chi connectivity index (χ0n) is 16.6. The van der Waals surface area contributed by atoms with Crippen molar-refractivity contribution in [2.45, 2.75) is 77.4 Å². The number of halogens is 3. The molecule has 0 saturated carbocycles. The molecule has 0 aliphatic rings. The molecule has 4 nitrogen and oxygen atoms in total. The predicted octanol–water partition coefficient (Wildman–Crippen LogP) is 5.51. The number of amides is 1. The number of rotatable bonds is 12. The van der Waals surface area contributed by atoms with E-state index in [9.17, 15) is 22.8 Å². The van der Waals surface area contributed by atoms with Crippen molar-refractivity contribution in [3.63, 3.8) is 0 Å². The van der Waals surface area contributed by atoms with Crippen LogP contribution in [-0.2, 0) is 15.7 Å². The second kappa shape index (κ2) is 12.4. The first-order valence-electron chi connectivity index (χ1n) is 9.91. The van der Waals surface area contributed by atoms with Gasteiger partial charge < -0.3 is 10.1 Å². The van der Waals surface area contributed by atoms with Gasteiger partial charge in [0.2, 0.25) is 0 Å². The van der Waals surface area contributed by atoms with E-state index < -0.39 is 35.2 Å². The number of hydrogen-bond acceptors (Lipinski definition) is 3. The number of ether oxygens (including phenoxy) is 1. The van der Waals surface area contributed by atoms with Crippen molar-refractivity contribution in [3.8, 4) is 0 Å². The largest absolute Gasteiger partial charge is 0.464 e. The third kappa shape index (κ3) is 8.76. The summed E-state index contributed by atoms with van der Waals surface area (Å²) in [5.74, 6) is -1.61. The lowest BCUT2D eigenvalue weighted by Gasteiger charge is -2.16. The van der Waals surface area contributed by atoms with E-state index in [0.717, 1.165) is 31.4 Å². The van der Waals surface area contributed by atoms with E-state index in [1.165, 1.54) is 51.2 Å². The Morgan fingerprint density at radius 2 is 1.57 bits per heavy atom. The summed E-state index contributed by atoms with van der Waals surface area (Å²) >= 11 is 0. The molecule has 1 aromatic rings. The molecule has 1 atom stereocenters. The summed E-state index contributed by atoms with van der Waals surface area (Å²) in [7, 11) is 0. The maximum Gasteiger partial charge on any atom is 0.417 e. The molecular weight excluding hydrogens is 371 g/mol. The second-order valence-corrected chi connectivity index (χ2v) is 6.88. The molecule has 7 heteroatoms. The highest BCUT2D eigenvalue weighted by molar-refractivity contribution is 5.98. The lowest BCUT2D eigenvalue weighted by molar-refractivity contribution is -0.145. The Morgan fingerprint density at radius 1 is 1.00 bits per heavy atom. The number of hydrogen-bond donors (Lipinski definition) is 1. The van der Waals surface area contributed by atoms with Crippen molar-refractivity contribution in [2.75, 3.05) is 6.61 Å². The Balaban J connectivity index is 2.34. The number of carbonyl (C=O) groups excluding carboxylic acids is 2. The maximum atomic E-state index is 13.0. The number of nitrogens with one attached hydrogen (secondary N) is 1. The summed E-state index contributed by atoms with van der Waals surface area (Å²) in [5.41, 5.74) is -1.55. The quantitative estimate of drug-likeness (QED) is 0.371. The van der Waals surface area contributed by atoms with Crippen LogP contribution in [0.3, 0.4) is 0 Å². The van der Waals surface area contributed by atoms with Gasteiger partial charge in [-0.05, 0) is 25.5 Å². The van der Waals surface area contributed by atoms with Crippen molar-refractivity contribution in [2.24, 2.45) is 0 Å². The van der Waals surface area contributed by atoms with Crippen LogP contribution in [0.1, 0.15) is 81.1 Å². The van der Waals surface area contributed by atoms with E-state index >= 15 is 0 Å². The van der Waals surface area contributed by atoms with Gasteiger partial charge in [-0.2, -0.15) is 13.2 Å². The van der Waals surface area contributed by atoms with Crippen LogP contribution in [0.5, 0.6) is 0 Å². The summed E-state index contributed by atoms with van der Waals surface area (Å²) in [6, 6.07) is 3.44. The molecule has 158 valence electrons. The number of esters is 1. The summed E-state index contributed by atoms with van der Waals surface area (Å²) in [5, 5.41) is 2.28. The van der Waals surface area contributed by atoms with Crippen LogP contribution in [0, 0.1) is 0 Å². The molecule has 0 fully saturated rings. The molecule has 0 aliphatic heterocycles. The van der Waals surface area contributed by atoms with Crippen molar-refractivity contribution in [3.05, 3.63) is 35.4 Å². The van der Waals surface area contributed by atoms with Gasteiger partial charge in [-0.25, -0.2) is 4.79 Å². The van der Waals surface area contributed by atoms with Crippen LogP contribution in [-0.4, -0.2) is 24.5 Å². The van der Waals surface area contributed by atoms with E-state index in [2.05, 4.69) is 12.2 Å². The number of alkyl halides is 3. The minimum absolute atomic E-state index is 0.243. The fourth-order valence-electron chi connectivity index (χ4n) is 2.80. The van der Waals surface area contributed by atoms with Crippen LogP contribution in [0.15, 0.2) is 24.3 Å². The minimum Gasteiger partial charge on any atom is -0.464 e. The van der Waals surface area contributed by atoms with Crippen LogP contribution in [0.25, 0.3) is 0 Å². The fraction of sp³-hybridized carbons (Fsp3) is 0.619. The van der Waals surface area contributed by atoms with Gasteiger partial charge >= 0.3 is 12.1 Å². The molecule has 1 N–H and O–H groups in total. The normalized spacial score (nSPS) is 12.5. The minimum atomic E-state index is -4.64. The van der Waals surface area contributed by atoms with E-state index in [1.54, 1.807) is 0 Å². The Hall–Kier alpha value is -2.05. The Morgan fingerprint density at radius 3 is 2.18 bits per heavy atom. The first-order chi connectivity index (χ1) is 13.3. The number of benzene rings is 1. The molecule has 1 aromatic carbocycles. The van der Waals surface area contributed by atoms with Crippen molar-refractivity contribution in [1.82, 2.24) is 5.32 Å². The van der Waals surface area contributed by atoms with E-state index in [-0.39, 0.29) is 6.61 Å². The fourth-order valence-corrected chi connectivity index (χ4v) is 2.80. The monoisotopic (exact) mass is 401 g/mol. The average molecular weight is 401 g/mol. The lowest BCUT2D eigenvalue weighted by atomic mass is 10.1. The molecule has 1 amide bonds. The topological polar surface area (TPSA) is 55.4 Å². The first kappa shape index (κ1) is 24.0. The average Bonchev–Trinajstić information content (AvgIpc) is 2.65. The van der Waals surface area contributed by atoms with E-state index in [4.69, 9.17) is 4.74 Å². The molecule has 0 spiro atoms. The third-order valence-corrected chi connectivity index (χ3v) is 4.42.